The van der Waals surface area contributed by atoms with Crippen LogP contribution in [-0.4, -0.2) is 74.0 Å². The summed E-state index contributed by atoms with van der Waals surface area (Å²) in [6, 6.07) is 23.5. The second-order valence-electron chi connectivity index (χ2n) is 12.9. The van der Waals surface area contributed by atoms with Gasteiger partial charge in [0.15, 0.2) is 5.75 Å². The predicted octanol–water partition coefficient (Wildman–Crippen LogP) is 6.07. The van der Waals surface area contributed by atoms with Crippen molar-refractivity contribution in [1.29, 1.82) is 0 Å². The summed E-state index contributed by atoms with van der Waals surface area (Å²) >= 11 is 0. The number of nitrogens with zero attached hydrogens (tertiary/aromatic N) is 2. The highest BCUT2D eigenvalue weighted by molar-refractivity contribution is 7.91. The molecule has 0 aromatic heterocycles. The number of benzene rings is 4. The molecule has 13 heteroatoms. The minimum absolute atomic E-state index is 0.152. The van der Waals surface area contributed by atoms with E-state index in [2.05, 4.69) is 5.32 Å². The van der Waals surface area contributed by atoms with E-state index in [-0.39, 0.29) is 58.2 Å². The second-order valence-corrected chi connectivity index (χ2v) is 14.8. The van der Waals surface area contributed by atoms with Gasteiger partial charge < -0.3 is 20.1 Å². The number of hydrogen-bond acceptors (Lipinski definition) is 7. The third kappa shape index (κ3) is 8.96. The van der Waals surface area contributed by atoms with Gasteiger partial charge in [0.25, 0.3) is 5.91 Å². The zero-order valence-corrected chi connectivity index (χ0v) is 29.2. The van der Waals surface area contributed by atoms with E-state index in [1.807, 2.05) is 18.9 Å². The summed E-state index contributed by atoms with van der Waals surface area (Å²) in [7, 11) is -1.77. The van der Waals surface area contributed by atoms with Crippen LogP contribution in [0.2, 0.25) is 0 Å². The smallest absolute Gasteiger partial charge is 0.416 e. The van der Waals surface area contributed by atoms with Crippen LogP contribution in [-0.2, 0) is 33.8 Å². The monoisotopic (exact) mass is 723 g/mol. The Kier molecular flexibility index (Phi) is 11.5. The normalized spacial score (nSPS) is 17.3. The molecule has 0 spiro atoms. The van der Waals surface area contributed by atoms with Crippen molar-refractivity contribution < 1.29 is 41.0 Å². The number of alkyl halides is 3. The molecule has 0 saturated heterocycles. The predicted molar refractivity (Wildman–Crippen MR) is 186 cm³/mol. The Balaban J connectivity index is 1.36. The van der Waals surface area contributed by atoms with Gasteiger partial charge in [0.05, 0.1) is 45.7 Å². The summed E-state index contributed by atoms with van der Waals surface area (Å²) in [6.45, 7) is 4.53. The van der Waals surface area contributed by atoms with Crippen LogP contribution in [0.3, 0.4) is 0 Å². The summed E-state index contributed by atoms with van der Waals surface area (Å²) in [5, 5.41) is 12.8. The maximum Gasteiger partial charge on any atom is 0.416 e. The Bertz CT molecular complexity index is 1940. The van der Waals surface area contributed by atoms with Crippen LogP contribution < -0.4 is 10.1 Å². The standard InChI is InChI=1S/C38H40F3N3O6S/c1-25-21-44(26(2)24-45)37(47)32-10-7-11-33(42-35(46)20-27-12-16-29(17-13-27)38(39,40)41)36(32)50-34(25)23-43(3)22-28-14-18-31(19-15-28)51(48,49)30-8-5-4-6-9-30/h4-19,25-26,34,45H,20-24H2,1-3H3,(H,42,46)/t25-,26?,34-/m1/s1. The Hall–Kier alpha value is -4.72. The molecule has 270 valence electrons. The first-order valence-electron chi connectivity index (χ1n) is 16.4. The molecule has 0 aliphatic carbocycles. The van der Waals surface area contributed by atoms with Gasteiger partial charge in [0.1, 0.15) is 6.10 Å². The third-order valence-corrected chi connectivity index (χ3v) is 10.6. The lowest BCUT2D eigenvalue weighted by Gasteiger charge is -2.38. The van der Waals surface area contributed by atoms with Crippen molar-refractivity contribution in [2.45, 2.75) is 54.9 Å². The van der Waals surface area contributed by atoms with E-state index in [0.29, 0.717) is 18.7 Å². The number of aliphatic hydroxyl groups excluding tert-OH is 1. The molecule has 5 rings (SSSR count). The van der Waals surface area contributed by atoms with Gasteiger partial charge in [-0.05, 0) is 73.6 Å². The fourth-order valence-corrected chi connectivity index (χ4v) is 7.23. The SMILES string of the molecule is CC(CO)N1C[C@@H](C)[C@@H](CN(C)Cc2ccc(S(=O)(=O)c3ccccc3)cc2)Oc2c(NC(=O)Cc3ccc(C(F)(F)F)cc3)cccc2C1=O. The maximum atomic E-state index is 13.8. The molecule has 0 fully saturated rings. The number of carbonyl (C=O) groups is 2. The van der Waals surface area contributed by atoms with Crippen LogP contribution in [0.4, 0.5) is 18.9 Å². The molecule has 9 nitrogen and oxygen atoms in total. The van der Waals surface area contributed by atoms with Crippen LogP contribution >= 0.6 is 0 Å². The molecule has 4 aromatic carbocycles. The van der Waals surface area contributed by atoms with Crippen LogP contribution in [0, 0.1) is 5.92 Å². The molecule has 0 bridgehead atoms. The maximum absolute atomic E-state index is 13.8. The van der Waals surface area contributed by atoms with E-state index >= 15 is 0 Å². The highest BCUT2D eigenvalue weighted by Gasteiger charge is 2.35. The van der Waals surface area contributed by atoms with Crippen molar-refractivity contribution in [1.82, 2.24) is 9.80 Å². The molecule has 1 aliphatic rings. The molecule has 1 aliphatic heterocycles. The molecule has 2 amide bonds. The van der Waals surface area contributed by atoms with Gasteiger partial charge in [-0.15, -0.1) is 0 Å². The fourth-order valence-electron chi connectivity index (χ4n) is 5.94. The van der Waals surface area contributed by atoms with Gasteiger partial charge in [-0.1, -0.05) is 55.5 Å². The first-order chi connectivity index (χ1) is 24.2. The Labute approximate surface area is 295 Å². The summed E-state index contributed by atoms with van der Waals surface area (Å²) in [6.07, 6.45) is -5.21. The van der Waals surface area contributed by atoms with E-state index in [9.17, 15) is 36.3 Å². The third-order valence-electron chi connectivity index (χ3n) is 8.84. The lowest BCUT2D eigenvalue weighted by atomic mass is 9.98. The number of amides is 2. The van der Waals surface area contributed by atoms with Gasteiger partial charge in [-0.2, -0.15) is 13.2 Å². The molecule has 2 N–H and O–H groups in total. The Morgan fingerprint density at radius 3 is 2.22 bits per heavy atom. The lowest BCUT2D eigenvalue weighted by Crippen LogP contribution is -2.49. The number of rotatable bonds is 11. The second kappa shape index (κ2) is 15.7. The molecule has 0 saturated carbocycles. The molecule has 51 heavy (non-hydrogen) atoms. The number of carbonyl (C=O) groups excluding carboxylic acids is 2. The number of likely N-dealkylation sites (N-methyl/N-ethyl adjacent to an activating group) is 1. The van der Waals surface area contributed by atoms with Gasteiger partial charge in [-0.3, -0.25) is 14.5 Å². The average Bonchev–Trinajstić information content (AvgIpc) is 3.10. The fraction of sp³-hybridized carbons (Fsp3) is 0.316. The summed E-state index contributed by atoms with van der Waals surface area (Å²) < 4.78 is 71.7. The molecular formula is C38H40F3N3O6S. The molecule has 3 atom stereocenters. The van der Waals surface area contributed by atoms with E-state index < -0.39 is 39.6 Å². The number of fused-ring (bicyclic) bond motifs is 1. The highest BCUT2D eigenvalue weighted by atomic mass is 32.2. The summed E-state index contributed by atoms with van der Waals surface area (Å²) in [4.78, 5) is 30.9. The molecule has 1 heterocycles. The Morgan fingerprint density at radius 2 is 1.59 bits per heavy atom. The van der Waals surface area contributed by atoms with Crippen LogP contribution in [0.5, 0.6) is 5.75 Å². The van der Waals surface area contributed by atoms with Crippen LogP contribution in [0.15, 0.2) is 107 Å². The number of aliphatic hydroxyl groups is 1. The first kappa shape index (κ1) is 37.5. The van der Waals surface area contributed by atoms with E-state index in [4.69, 9.17) is 4.74 Å². The minimum atomic E-state index is -4.50. The average molecular weight is 724 g/mol. The Morgan fingerprint density at radius 1 is 0.961 bits per heavy atom. The van der Waals surface area contributed by atoms with E-state index in [1.54, 1.807) is 84.6 Å². The number of para-hydroxylation sites is 1. The quantitative estimate of drug-likeness (QED) is 0.193. The van der Waals surface area contributed by atoms with Gasteiger partial charge in [0.2, 0.25) is 15.7 Å². The number of nitrogens with one attached hydrogen (secondary N) is 1. The van der Waals surface area contributed by atoms with Gasteiger partial charge >= 0.3 is 6.18 Å². The number of ether oxygens (including phenoxy) is 1. The first-order valence-corrected chi connectivity index (χ1v) is 17.9. The van der Waals surface area contributed by atoms with Crippen molar-refractivity contribution >= 4 is 27.3 Å². The van der Waals surface area contributed by atoms with Crippen molar-refractivity contribution in [3.63, 3.8) is 0 Å². The van der Waals surface area contributed by atoms with Gasteiger partial charge in [-0.25, -0.2) is 8.42 Å². The van der Waals surface area contributed by atoms with Crippen molar-refractivity contribution in [2.24, 2.45) is 5.92 Å². The van der Waals surface area contributed by atoms with Crippen LogP contribution in [0.1, 0.15) is 40.9 Å². The number of sulfone groups is 1. The molecule has 4 aromatic rings. The van der Waals surface area contributed by atoms with Crippen LogP contribution in [0.25, 0.3) is 0 Å². The lowest BCUT2D eigenvalue weighted by molar-refractivity contribution is -0.137. The highest BCUT2D eigenvalue weighted by Crippen LogP contribution is 2.35. The number of halogens is 3. The summed E-state index contributed by atoms with van der Waals surface area (Å²) in [5.41, 5.74) is 0.843. The zero-order chi connectivity index (χ0) is 36.9. The molecule has 1 unspecified atom stereocenters. The van der Waals surface area contributed by atoms with Gasteiger partial charge in [0, 0.05) is 25.6 Å². The van der Waals surface area contributed by atoms with Crippen molar-refractivity contribution in [2.75, 3.05) is 32.1 Å². The number of anilines is 1. The van der Waals surface area contributed by atoms with Crippen molar-refractivity contribution in [3.05, 3.63) is 119 Å². The molecular weight excluding hydrogens is 683 g/mol. The number of hydrogen-bond donors (Lipinski definition) is 2. The largest absolute Gasteiger partial charge is 0.486 e. The minimum Gasteiger partial charge on any atom is -0.486 e. The van der Waals surface area contributed by atoms with E-state index in [1.165, 1.54) is 12.1 Å². The van der Waals surface area contributed by atoms with Crippen molar-refractivity contribution in [3.8, 4) is 5.75 Å². The summed E-state index contributed by atoms with van der Waals surface area (Å²) in [5.74, 6) is -0.970. The molecule has 0 radical (unpaired) electrons. The zero-order valence-electron chi connectivity index (χ0n) is 28.4. The topological polar surface area (TPSA) is 116 Å². The van der Waals surface area contributed by atoms with E-state index in [0.717, 1.165) is 17.7 Å².